The van der Waals surface area contributed by atoms with Crippen molar-refractivity contribution in [3.63, 3.8) is 0 Å². The van der Waals surface area contributed by atoms with Crippen molar-refractivity contribution in [2.24, 2.45) is 0 Å². The second-order valence-electron chi connectivity index (χ2n) is 2.89. The Balaban J connectivity index is 2.70. The lowest BCUT2D eigenvalue weighted by atomic mass is 10.1. The van der Waals surface area contributed by atoms with Crippen LogP contribution in [0.4, 0.5) is 8.78 Å². The van der Waals surface area contributed by atoms with Crippen molar-refractivity contribution in [1.82, 2.24) is 0 Å². The molecule has 1 nitrogen and oxygen atoms in total. The molecule has 1 aromatic carbocycles. The second-order valence-corrected chi connectivity index (χ2v) is 4.31. The molecule has 1 atom stereocenters. The van der Waals surface area contributed by atoms with Crippen molar-refractivity contribution in [3.8, 4) is 0 Å². The topological polar surface area (TPSA) is 20.2 Å². The van der Waals surface area contributed by atoms with E-state index in [4.69, 9.17) is 5.11 Å². The van der Waals surface area contributed by atoms with E-state index in [-0.39, 0.29) is 6.42 Å². The molecular formula is C9H8BrClF2O. The van der Waals surface area contributed by atoms with Crippen LogP contribution in [-0.4, -0.2) is 16.6 Å². The third-order valence-corrected chi connectivity index (χ3v) is 2.44. The highest BCUT2D eigenvalue weighted by molar-refractivity contribution is 9.10. The molecule has 0 radical (unpaired) electrons. The van der Waals surface area contributed by atoms with Crippen molar-refractivity contribution in [2.45, 2.75) is 17.9 Å². The van der Waals surface area contributed by atoms with Crippen molar-refractivity contribution < 1.29 is 13.9 Å². The average molecular weight is 286 g/mol. The Bertz CT molecular complexity index is 314. The van der Waals surface area contributed by atoms with Gasteiger partial charge >= 0.3 is 5.38 Å². The smallest absolute Gasteiger partial charge is 0.347 e. The minimum absolute atomic E-state index is 0.171. The Morgan fingerprint density at radius 3 is 2.64 bits per heavy atom. The number of benzene rings is 1. The van der Waals surface area contributed by atoms with Crippen LogP contribution in [0.3, 0.4) is 0 Å². The Kier molecular flexibility index (Phi) is 3.86. The van der Waals surface area contributed by atoms with Gasteiger partial charge in [0.15, 0.2) is 0 Å². The summed E-state index contributed by atoms with van der Waals surface area (Å²) in [5, 5.41) is 5.45. The first-order valence-corrected chi connectivity index (χ1v) is 5.06. The number of hydrogen-bond donors (Lipinski definition) is 1. The van der Waals surface area contributed by atoms with E-state index >= 15 is 0 Å². The van der Waals surface area contributed by atoms with Gasteiger partial charge in [0.2, 0.25) is 0 Å². The van der Waals surface area contributed by atoms with Crippen LogP contribution >= 0.6 is 27.5 Å². The van der Waals surface area contributed by atoms with Gasteiger partial charge in [-0.25, -0.2) is 0 Å². The van der Waals surface area contributed by atoms with Gasteiger partial charge in [-0.1, -0.05) is 28.1 Å². The lowest BCUT2D eigenvalue weighted by Gasteiger charge is -2.15. The van der Waals surface area contributed by atoms with Crippen molar-refractivity contribution in [1.29, 1.82) is 0 Å². The largest absolute Gasteiger partial charge is 0.385 e. The first-order chi connectivity index (χ1) is 6.39. The van der Waals surface area contributed by atoms with Crippen LogP contribution in [0.2, 0.25) is 0 Å². The molecule has 0 spiro atoms. The number of alkyl halides is 3. The third-order valence-electron chi connectivity index (χ3n) is 1.70. The zero-order valence-electron chi connectivity index (χ0n) is 7.05. The van der Waals surface area contributed by atoms with E-state index in [1.54, 1.807) is 24.3 Å². The van der Waals surface area contributed by atoms with E-state index in [0.717, 1.165) is 4.47 Å². The SMILES string of the molecule is OC(Cc1cccc(Br)c1)C(F)(F)Cl. The summed E-state index contributed by atoms with van der Waals surface area (Å²) in [5.74, 6) is 0. The fourth-order valence-electron chi connectivity index (χ4n) is 1.00. The molecule has 0 bridgehead atoms. The molecule has 0 fully saturated rings. The molecule has 0 amide bonds. The molecule has 0 saturated heterocycles. The first kappa shape index (κ1) is 11.9. The van der Waals surface area contributed by atoms with Gasteiger partial charge in [0, 0.05) is 10.9 Å². The molecule has 0 aliphatic carbocycles. The zero-order chi connectivity index (χ0) is 10.8. The highest BCUT2D eigenvalue weighted by atomic mass is 79.9. The maximum Gasteiger partial charge on any atom is 0.347 e. The van der Waals surface area contributed by atoms with Crippen LogP contribution in [0.25, 0.3) is 0 Å². The Morgan fingerprint density at radius 2 is 2.14 bits per heavy atom. The molecule has 1 aromatic rings. The van der Waals surface area contributed by atoms with Crippen molar-refractivity contribution >= 4 is 27.5 Å². The first-order valence-electron chi connectivity index (χ1n) is 3.89. The summed E-state index contributed by atoms with van der Waals surface area (Å²) < 4.78 is 25.6. The van der Waals surface area contributed by atoms with E-state index in [2.05, 4.69) is 27.5 Å². The summed E-state index contributed by atoms with van der Waals surface area (Å²) in [5.41, 5.74) is 0.604. The van der Waals surface area contributed by atoms with Crippen LogP contribution < -0.4 is 0 Å². The summed E-state index contributed by atoms with van der Waals surface area (Å²) in [7, 11) is 0. The molecular weight excluding hydrogens is 277 g/mol. The van der Waals surface area contributed by atoms with Gasteiger partial charge in [0.25, 0.3) is 0 Å². The molecule has 0 saturated carbocycles. The standard InChI is InChI=1S/C9H8BrClF2O/c10-7-3-1-2-6(4-7)5-8(14)9(11,12)13/h1-4,8,14H,5H2. The summed E-state index contributed by atoms with van der Waals surface area (Å²) in [4.78, 5) is 0. The molecule has 0 aromatic heterocycles. The van der Waals surface area contributed by atoms with E-state index < -0.39 is 11.5 Å². The monoisotopic (exact) mass is 284 g/mol. The number of aliphatic hydroxyl groups excluding tert-OH is 1. The summed E-state index contributed by atoms with van der Waals surface area (Å²) >= 11 is 7.88. The number of rotatable bonds is 3. The number of halogens is 4. The number of hydrogen-bond acceptors (Lipinski definition) is 1. The van der Waals surface area contributed by atoms with E-state index in [0.29, 0.717) is 5.56 Å². The Labute approximate surface area is 93.8 Å². The zero-order valence-corrected chi connectivity index (χ0v) is 9.39. The Morgan fingerprint density at radius 1 is 1.50 bits per heavy atom. The molecule has 0 aliphatic rings. The Hall–Kier alpha value is -0.190. The maximum atomic E-state index is 12.4. The molecule has 0 aliphatic heterocycles. The molecule has 1 N–H and O–H groups in total. The van der Waals surface area contributed by atoms with Crippen LogP contribution in [-0.2, 0) is 6.42 Å². The van der Waals surface area contributed by atoms with Gasteiger partial charge in [-0.05, 0) is 29.3 Å². The van der Waals surface area contributed by atoms with Gasteiger partial charge < -0.3 is 5.11 Å². The average Bonchev–Trinajstić information content (AvgIpc) is 2.02. The summed E-state index contributed by atoms with van der Waals surface area (Å²) in [6.07, 6.45) is -2.03. The second kappa shape index (κ2) is 4.55. The maximum absolute atomic E-state index is 12.4. The minimum atomic E-state index is -3.58. The third kappa shape index (κ3) is 3.52. The molecule has 5 heteroatoms. The van der Waals surface area contributed by atoms with Crippen molar-refractivity contribution in [2.75, 3.05) is 0 Å². The molecule has 0 heterocycles. The van der Waals surface area contributed by atoms with Gasteiger partial charge in [-0.3, -0.25) is 0 Å². The van der Waals surface area contributed by atoms with E-state index in [1.807, 2.05) is 0 Å². The minimum Gasteiger partial charge on any atom is -0.385 e. The molecule has 78 valence electrons. The fraction of sp³-hybridized carbons (Fsp3) is 0.333. The lowest BCUT2D eigenvalue weighted by Crippen LogP contribution is -2.29. The fourth-order valence-corrected chi connectivity index (χ4v) is 1.53. The van der Waals surface area contributed by atoms with Crippen LogP contribution in [0.1, 0.15) is 5.56 Å². The molecule has 1 unspecified atom stereocenters. The van der Waals surface area contributed by atoms with Crippen LogP contribution in [0.5, 0.6) is 0 Å². The predicted molar refractivity (Wildman–Crippen MR) is 54.7 cm³/mol. The molecule has 1 rings (SSSR count). The predicted octanol–water partition coefficient (Wildman–Crippen LogP) is 3.18. The van der Waals surface area contributed by atoms with Gasteiger partial charge in [0.05, 0.1) is 0 Å². The lowest BCUT2D eigenvalue weighted by molar-refractivity contribution is -0.0397. The van der Waals surface area contributed by atoms with Gasteiger partial charge in [0.1, 0.15) is 6.10 Å². The summed E-state index contributed by atoms with van der Waals surface area (Å²) in [6.45, 7) is 0. The van der Waals surface area contributed by atoms with Crippen molar-refractivity contribution in [3.05, 3.63) is 34.3 Å². The quantitative estimate of drug-likeness (QED) is 0.846. The van der Waals surface area contributed by atoms with Crippen LogP contribution in [0, 0.1) is 0 Å². The molecule has 14 heavy (non-hydrogen) atoms. The highest BCUT2D eigenvalue weighted by Crippen LogP contribution is 2.26. The van der Waals surface area contributed by atoms with Crippen LogP contribution in [0.15, 0.2) is 28.7 Å². The summed E-state index contributed by atoms with van der Waals surface area (Å²) in [6, 6.07) is 6.79. The van der Waals surface area contributed by atoms with E-state index in [9.17, 15) is 8.78 Å². The normalized spacial score (nSPS) is 14.1. The van der Waals surface area contributed by atoms with Gasteiger partial charge in [-0.2, -0.15) is 8.78 Å². The van der Waals surface area contributed by atoms with Gasteiger partial charge in [-0.15, -0.1) is 0 Å². The number of aliphatic hydroxyl groups is 1. The van der Waals surface area contributed by atoms with E-state index in [1.165, 1.54) is 0 Å². The highest BCUT2D eigenvalue weighted by Gasteiger charge is 2.35.